The van der Waals surface area contributed by atoms with Crippen molar-refractivity contribution in [3.8, 4) is 0 Å². The van der Waals surface area contributed by atoms with Gasteiger partial charge in [-0.15, -0.1) is 0 Å². The average molecular weight is 291 g/mol. The number of hydrogen-bond donors (Lipinski definition) is 0. The molecule has 0 N–H and O–H groups in total. The first-order valence-corrected chi connectivity index (χ1v) is 8.04. The summed E-state index contributed by atoms with van der Waals surface area (Å²) in [5.74, 6) is 0.718. The highest BCUT2D eigenvalue weighted by Crippen LogP contribution is 2.46. The third kappa shape index (κ3) is 2.84. The zero-order valence-corrected chi connectivity index (χ0v) is 13.0. The van der Waals surface area contributed by atoms with Crippen LogP contribution in [0.3, 0.4) is 0 Å². The summed E-state index contributed by atoms with van der Waals surface area (Å²) in [6.45, 7) is 6.24. The minimum atomic E-state index is -0.374. The molecule has 5 nitrogen and oxygen atoms in total. The van der Waals surface area contributed by atoms with E-state index in [1.54, 1.807) is 18.5 Å². The summed E-state index contributed by atoms with van der Waals surface area (Å²) in [6.07, 6.45) is 9.05. The highest BCUT2D eigenvalue weighted by molar-refractivity contribution is 5.69. The first-order chi connectivity index (χ1) is 10.1. The lowest BCUT2D eigenvalue weighted by atomic mass is 9.85. The maximum absolute atomic E-state index is 11.9. The van der Waals surface area contributed by atoms with Crippen LogP contribution in [0.2, 0.25) is 0 Å². The van der Waals surface area contributed by atoms with Crippen LogP contribution in [0.4, 0.5) is 4.79 Å². The summed E-state index contributed by atoms with van der Waals surface area (Å²) in [5.41, 5.74) is 0.372. The molecule has 0 spiro atoms. The van der Waals surface area contributed by atoms with Crippen molar-refractivity contribution >= 4 is 6.09 Å². The van der Waals surface area contributed by atoms with Crippen LogP contribution in [-0.4, -0.2) is 45.5 Å². The summed E-state index contributed by atoms with van der Waals surface area (Å²) in [6, 6.07) is 2.11. The van der Waals surface area contributed by atoms with Crippen LogP contribution in [0.5, 0.6) is 0 Å². The van der Waals surface area contributed by atoms with E-state index in [-0.39, 0.29) is 6.09 Å². The quantitative estimate of drug-likeness (QED) is 0.856. The topological polar surface area (TPSA) is 47.4 Å². The first kappa shape index (κ1) is 14.6. The monoisotopic (exact) mass is 291 g/mol. The molecule has 0 bridgehead atoms. The predicted octanol–water partition coefficient (Wildman–Crippen LogP) is 2.91. The molecule has 0 unspecified atom stereocenters. The van der Waals surface area contributed by atoms with Gasteiger partial charge in [0.05, 0.1) is 0 Å². The van der Waals surface area contributed by atoms with Gasteiger partial charge in [-0.1, -0.05) is 13.8 Å². The standard InChI is InChI=1S/C16H25N3O2/c1-13(2)11-16-6-3-9-18(16)14(5-7-16)12-21-15(20)19-10-4-8-17-19/h4,8,10,13-14H,3,5-7,9,11-12H2,1-2H3/t14-,16+/m0/s1. The van der Waals surface area contributed by atoms with Crippen LogP contribution < -0.4 is 0 Å². The number of carbonyl (C=O) groups is 1. The van der Waals surface area contributed by atoms with Crippen molar-refractivity contribution in [2.24, 2.45) is 5.92 Å². The SMILES string of the molecule is CC(C)C[C@]12CCCN1[C@H](COC(=O)n1cccn1)CC2. The van der Waals surface area contributed by atoms with E-state index in [0.717, 1.165) is 18.9 Å². The second kappa shape index (κ2) is 5.79. The molecule has 2 saturated heterocycles. The summed E-state index contributed by atoms with van der Waals surface area (Å²) in [5, 5.41) is 3.91. The Morgan fingerprint density at radius 3 is 3.05 bits per heavy atom. The van der Waals surface area contributed by atoms with Crippen molar-refractivity contribution in [2.75, 3.05) is 13.2 Å². The molecule has 2 aliphatic rings. The second-order valence-corrected chi connectivity index (χ2v) is 6.84. The molecule has 3 heterocycles. The van der Waals surface area contributed by atoms with Crippen LogP contribution >= 0.6 is 0 Å². The Morgan fingerprint density at radius 2 is 2.33 bits per heavy atom. The van der Waals surface area contributed by atoms with E-state index in [4.69, 9.17) is 4.74 Å². The molecule has 2 fully saturated rings. The highest BCUT2D eigenvalue weighted by atomic mass is 16.6. The van der Waals surface area contributed by atoms with Crippen LogP contribution in [-0.2, 0) is 4.74 Å². The summed E-state index contributed by atoms with van der Waals surface area (Å²) < 4.78 is 6.70. The molecule has 0 radical (unpaired) electrons. The molecular weight excluding hydrogens is 266 g/mol. The van der Waals surface area contributed by atoms with Gasteiger partial charge in [-0.05, 0) is 50.6 Å². The van der Waals surface area contributed by atoms with Crippen LogP contribution in [0.25, 0.3) is 0 Å². The minimum Gasteiger partial charge on any atom is -0.446 e. The normalized spacial score (nSPS) is 29.0. The van der Waals surface area contributed by atoms with E-state index in [0.29, 0.717) is 18.2 Å². The number of rotatable bonds is 4. The highest BCUT2D eigenvalue weighted by Gasteiger charge is 2.49. The summed E-state index contributed by atoms with van der Waals surface area (Å²) in [4.78, 5) is 14.5. The van der Waals surface area contributed by atoms with E-state index in [9.17, 15) is 4.79 Å². The molecular formula is C16H25N3O2. The molecule has 2 aliphatic heterocycles. The van der Waals surface area contributed by atoms with Crippen molar-refractivity contribution in [2.45, 2.75) is 57.5 Å². The first-order valence-electron chi connectivity index (χ1n) is 8.04. The number of aromatic nitrogens is 2. The molecule has 0 amide bonds. The van der Waals surface area contributed by atoms with E-state index in [1.807, 2.05) is 0 Å². The van der Waals surface area contributed by atoms with Crippen molar-refractivity contribution in [1.29, 1.82) is 0 Å². The molecule has 0 aliphatic carbocycles. The lowest BCUT2D eigenvalue weighted by Gasteiger charge is -2.36. The zero-order valence-electron chi connectivity index (χ0n) is 13.0. The maximum atomic E-state index is 11.9. The van der Waals surface area contributed by atoms with Gasteiger partial charge in [-0.25, -0.2) is 4.79 Å². The molecule has 116 valence electrons. The van der Waals surface area contributed by atoms with Gasteiger partial charge in [-0.2, -0.15) is 9.78 Å². The van der Waals surface area contributed by atoms with E-state index >= 15 is 0 Å². The van der Waals surface area contributed by atoms with Gasteiger partial charge < -0.3 is 4.74 Å². The molecule has 3 rings (SSSR count). The molecule has 1 aromatic heterocycles. The van der Waals surface area contributed by atoms with Crippen molar-refractivity contribution in [3.05, 3.63) is 18.5 Å². The Labute approximate surface area is 126 Å². The van der Waals surface area contributed by atoms with Gasteiger partial charge in [0, 0.05) is 24.0 Å². The minimum absolute atomic E-state index is 0.372. The molecule has 0 saturated carbocycles. The van der Waals surface area contributed by atoms with Crippen molar-refractivity contribution in [3.63, 3.8) is 0 Å². The van der Waals surface area contributed by atoms with Gasteiger partial charge in [-0.3, -0.25) is 4.90 Å². The van der Waals surface area contributed by atoms with Gasteiger partial charge >= 0.3 is 6.09 Å². The Hall–Kier alpha value is -1.36. The lowest BCUT2D eigenvalue weighted by molar-refractivity contribution is 0.0728. The average Bonchev–Trinajstić information content (AvgIpc) is 3.11. The number of fused-ring (bicyclic) bond motifs is 1. The number of ether oxygens (including phenoxy) is 1. The Morgan fingerprint density at radius 1 is 1.48 bits per heavy atom. The van der Waals surface area contributed by atoms with Crippen LogP contribution in [0.1, 0.15) is 46.0 Å². The van der Waals surface area contributed by atoms with Crippen molar-refractivity contribution in [1.82, 2.24) is 14.7 Å². The molecule has 5 heteroatoms. The number of carbonyl (C=O) groups excluding carboxylic acids is 1. The third-order valence-corrected chi connectivity index (χ3v) is 4.91. The van der Waals surface area contributed by atoms with E-state index < -0.39 is 0 Å². The molecule has 1 aromatic rings. The van der Waals surface area contributed by atoms with Gasteiger partial charge in [0.25, 0.3) is 0 Å². The third-order valence-electron chi connectivity index (χ3n) is 4.91. The lowest BCUT2D eigenvalue weighted by Crippen LogP contribution is -2.45. The fourth-order valence-corrected chi connectivity index (χ4v) is 4.25. The molecule has 2 atom stereocenters. The van der Waals surface area contributed by atoms with Gasteiger partial charge in [0.2, 0.25) is 0 Å². The second-order valence-electron chi connectivity index (χ2n) is 6.84. The Balaban J connectivity index is 1.59. The van der Waals surface area contributed by atoms with Crippen LogP contribution in [0, 0.1) is 5.92 Å². The Bertz CT molecular complexity index is 486. The fraction of sp³-hybridized carbons (Fsp3) is 0.750. The smallest absolute Gasteiger partial charge is 0.434 e. The van der Waals surface area contributed by atoms with E-state index in [1.165, 1.54) is 30.4 Å². The van der Waals surface area contributed by atoms with Crippen molar-refractivity contribution < 1.29 is 9.53 Å². The van der Waals surface area contributed by atoms with E-state index in [2.05, 4.69) is 23.8 Å². The van der Waals surface area contributed by atoms with Gasteiger partial charge in [0.1, 0.15) is 6.61 Å². The Kier molecular flexibility index (Phi) is 4.02. The van der Waals surface area contributed by atoms with Gasteiger partial charge in [0.15, 0.2) is 0 Å². The maximum Gasteiger partial charge on any atom is 0.434 e. The summed E-state index contributed by atoms with van der Waals surface area (Å²) in [7, 11) is 0. The predicted molar refractivity (Wildman–Crippen MR) is 80.1 cm³/mol. The van der Waals surface area contributed by atoms with Crippen LogP contribution in [0.15, 0.2) is 18.5 Å². The molecule has 21 heavy (non-hydrogen) atoms. The number of nitrogens with zero attached hydrogens (tertiary/aromatic N) is 3. The number of hydrogen-bond acceptors (Lipinski definition) is 4. The fourth-order valence-electron chi connectivity index (χ4n) is 4.25. The molecule has 0 aromatic carbocycles. The zero-order chi connectivity index (χ0) is 14.9. The summed E-state index contributed by atoms with van der Waals surface area (Å²) >= 11 is 0. The largest absolute Gasteiger partial charge is 0.446 e.